The highest BCUT2D eigenvalue weighted by Gasteiger charge is 2.35. The Morgan fingerprint density at radius 1 is 1.16 bits per heavy atom. The summed E-state index contributed by atoms with van der Waals surface area (Å²) in [5, 5.41) is 9.02. The van der Waals surface area contributed by atoms with Crippen LogP contribution >= 0.6 is 23.1 Å². The molecular formula is C27H34O3S2. The average molecular weight is 471 g/mol. The Bertz CT molecular complexity index is 977. The van der Waals surface area contributed by atoms with E-state index in [2.05, 4.69) is 44.7 Å². The van der Waals surface area contributed by atoms with E-state index in [1.54, 1.807) is 0 Å². The predicted octanol–water partition coefficient (Wildman–Crippen LogP) is 7.29. The van der Waals surface area contributed by atoms with E-state index in [-0.39, 0.29) is 11.8 Å². The van der Waals surface area contributed by atoms with Gasteiger partial charge in [0.05, 0.1) is 17.9 Å². The molecule has 0 unspecified atom stereocenters. The second-order valence-corrected chi connectivity index (χ2v) is 10.7. The van der Waals surface area contributed by atoms with Crippen molar-refractivity contribution in [3.8, 4) is 17.6 Å². The highest BCUT2D eigenvalue weighted by atomic mass is 32.2. The molecular weight excluding hydrogens is 436 g/mol. The van der Waals surface area contributed by atoms with Crippen molar-refractivity contribution < 1.29 is 14.6 Å². The Hall–Kier alpha value is -1.90. The minimum atomic E-state index is -0.807. The maximum atomic E-state index is 11.0. The number of thioether (sulfide) groups is 1. The van der Waals surface area contributed by atoms with Crippen LogP contribution in [-0.4, -0.2) is 23.4 Å². The monoisotopic (exact) mass is 470 g/mol. The van der Waals surface area contributed by atoms with Gasteiger partial charge in [0.1, 0.15) is 5.75 Å². The second-order valence-electron chi connectivity index (χ2n) is 8.43. The van der Waals surface area contributed by atoms with Crippen molar-refractivity contribution in [3.05, 3.63) is 45.1 Å². The number of hydrogen-bond acceptors (Lipinski definition) is 4. The number of fused-ring (bicyclic) bond motifs is 1. The summed E-state index contributed by atoms with van der Waals surface area (Å²) in [6, 6.07) is 8.28. The van der Waals surface area contributed by atoms with Gasteiger partial charge in [-0.25, -0.2) is 0 Å². The minimum absolute atomic E-state index is 0.0525. The van der Waals surface area contributed by atoms with Crippen LogP contribution in [0.5, 0.6) is 5.75 Å². The van der Waals surface area contributed by atoms with Crippen molar-refractivity contribution in [2.24, 2.45) is 0 Å². The van der Waals surface area contributed by atoms with Crippen LogP contribution in [0.2, 0.25) is 0 Å². The molecule has 0 radical (unpaired) electrons. The van der Waals surface area contributed by atoms with Crippen LogP contribution in [0, 0.1) is 11.8 Å². The SMILES string of the molecule is CCCCCCSc1cc2c(cc1C#Cc1ccc(CC(=O)O)s1)C(CC)(CC)CCO2. The van der Waals surface area contributed by atoms with Crippen molar-refractivity contribution in [1.82, 2.24) is 0 Å². The molecule has 1 aliphatic rings. The molecule has 0 saturated heterocycles. The standard InChI is InChI=1S/C27H34O3S2/c1-4-7-8-9-16-31-25-19-24-23(27(5-2,6-3)14-15-30-24)17-20(25)10-11-21-12-13-22(32-21)18-26(28)29/h12-13,17,19H,4-9,14-16,18H2,1-3H3,(H,28,29). The quantitative estimate of drug-likeness (QED) is 0.225. The number of rotatable bonds is 10. The van der Waals surface area contributed by atoms with Gasteiger partial charge in [0, 0.05) is 26.3 Å². The Morgan fingerprint density at radius 2 is 1.97 bits per heavy atom. The first-order valence-corrected chi connectivity index (χ1v) is 13.6. The molecule has 0 saturated carbocycles. The van der Waals surface area contributed by atoms with Crippen molar-refractivity contribution in [3.63, 3.8) is 0 Å². The zero-order chi connectivity index (χ0) is 23.0. The number of aliphatic carboxylic acids is 1. The van der Waals surface area contributed by atoms with E-state index >= 15 is 0 Å². The van der Waals surface area contributed by atoms with Gasteiger partial charge < -0.3 is 9.84 Å². The van der Waals surface area contributed by atoms with Gasteiger partial charge >= 0.3 is 5.97 Å². The summed E-state index contributed by atoms with van der Waals surface area (Å²) in [4.78, 5) is 13.9. The molecule has 5 heteroatoms. The van der Waals surface area contributed by atoms with Gasteiger partial charge in [0.15, 0.2) is 0 Å². The first-order chi connectivity index (χ1) is 15.5. The van der Waals surface area contributed by atoms with Gasteiger partial charge in [-0.1, -0.05) is 51.9 Å². The minimum Gasteiger partial charge on any atom is -0.493 e. The maximum absolute atomic E-state index is 11.0. The lowest BCUT2D eigenvalue weighted by Crippen LogP contribution is -2.32. The zero-order valence-corrected chi connectivity index (χ0v) is 21.1. The Labute approximate surface area is 201 Å². The molecule has 172 valence electrons. The third kappa shape index (κ3) is 6.11. The first-order valence-electron chi connectivity index (χ1n) is 11.8. The van der Waals surface area contributed by atoms with Crippen molar-refractivity contribution in [2.45, 2.75) is 82.4 Å². The average Bonchev–Trinajstić information content (AvgIpc) is 3.23. The number of thiophene rings is 1. The lowest BCUT2D eigenvalue weighted by Gasteiger charge is -2.38. The van der Waals surface area contributed by atoms with Crippen LogP contribution in [0.15, 0.2) is 29.2 Å². The van der Waals surface area contributed by atoms with E-state index in [1.165, 1.54) is 47.5 Å². The summed E-state index contributed by atoms with van der Waals surface area (Å²) < 4.78 is 6.11. The Kier molecular flexibility index (Phi) is 9.13. The number of hydrogen-bond donors (Lipinski definition) is 1. The molecule has 1 aromatic carbocycles. The molecule has 0 amide bonds. The fourth-order valence-electron chi connectivity index (χ4n) is 4.32. The zero-order valence-electron chi connectivity index (χ0n) is 19.5. The number of carboxylic acid groups (broad SMARTS) is 1. The molecule has 0 fully saturated rings. The van der Waals surface area contributed by atoms with Gasteiger partial charge in [-0.05, 0) is 55.7 Å². The van der Waals surface area contributed by atoms with Crippen LogP contribution in [-0.2, 0) is 16.6 Å². The summed E-state index contributed by atoms with van der Waals surface area (Å²) in [5.41, 5.74) is 2.52. The van der Waals surface area contributed by atoms with E-state index in [0.29, 0.717) is 0 Å². The summed E-state index contributed by atoms with van der Waals surface area (Å²) in [5.74, 6) is 8.03. The van der Waals surface area contributed by atoms with Gasteiger partial charge in [-0.15, -0.1) is 23.1 Å². The molecule has 1 aliphatic heterocycles. The highest BCUT2D eigenvalue weighted by molar-refractivity contribution is 7.99. The normalized spacial score (nSPS) is 14.2. The van der Waals surface area contributed by atoms with Gasteiger partial charge in [0.2, 0.25) is 0 Å². The molecule has 2 heterocycles. The topological polar surface area (TPSA) is 46.5 Å². The molecule has 3 nitrogen and oxygen atoms in total. The van der Waals surface area contributed by atoms with E-state index in [9.17, 15) is 4.79 Å². The van der Waals surface area contributed by atoms with Gasteiger partial charge in [0.25, 0.3) is 0 Å². The molecule has 3 rings (SSSR count). The number of unbranched alkanes of at least 4 members (excludes halogenated alkanes) is 3. The maximum Gasteiger partial charge on any atom is 0.308 e. The third-order valence-electron chi connectivity index (χ3n) is 6.41. The van der Waals surface area contributed by atoms with Gasteiger partial charge in [-0.3, -0.25) is 4.79 Å². The molecule has 1 aromatic heterocycles. The first kappa shape index (κ1) is 24.7. The fraction of sp³-hybridized carbons (Fsp3) is 0.519. The van der Waals surface area contributed by atoms with Crippen LogP contribution in [0.3, 0.4) is 0 Å². The predicted molar refractivity (Wildman–Crippen MR) is 135 cm³/mol. The van der Waals surface area contributed by atoms with Crippen molar-refractivity contribution in [1.29, 1.82) is 0 Å². The van der Waals surface area contributed by atoms with Crippen LogP contribution < -0.4 is 4.74 Å². The lowest BCUT2D eigenvalue weighted by atomic mass is 9.71. The molecule has 2 aromatic rings. The van der Waals surface area contributed by atoms with E-state index in [4.69, 9.17) is 9.84 Å². The largest absolute Gasteiger partial charge is 0.493 e. The summed E-state index contributed by atoms with van der Waals surface area (Å²) >= 11 is 3.34. The number of benzene rings is 1. The van der Waals surface area contributed by atoms with Gasteiger partial charge in [-0.2, -0.15) is 0 Å². The summed E-state index contributed by atoms with van der Waals surface area (Å²) in [6.07, 6.45) is 8.30. The Balaban J connectivity index is 1.92. The van der Waals surface area contributed by atoms with Crippen LogP contribution in [0.4, 0.5) is 0 Å². The molecule has 0 bridgehead atoms. The summed E-state index contributed by atoms with van der Waals surface area (Å²) in [7, 11) is 0. The Morgan fingerprint density at radius 3 is 2.69 bits per heavy atom. The fourth-order valence-corrected chi connectivity index (χ4v) is 6.19. The molecule has 1 N–H and O–H groups in total. The molecule has 0 atom stereocenters. The van der Waals surface area contributed by atoms with E-state index in [0.717, 1.165) is 52.7 Å². The third-order valence-corrected chi connectivity index (χ3v) is 8.55. The van der Waals surface area contributed by atoms with E-state index in [1.807, 2.05) is 23.9 Å². The number of ether oxygens (including phenoxy) is 1. The number of carboxylic acids is 1. The number of carbonyl (C=O) groups is 1. The van der Waals surface area contributed by atoms with Crippen LogP contribution in [0.25, 0.3) is 0 Å². The summed E-state index contributed by atoms with van der Waals surface area (Å²) in [6.45, 7) is 7.57. The molecule has 0 aliphatic carbocycles. The lowest BCUT2D eigenvalue weighted by molar-refractivity contribution is -0.136. The smallest absolute Gasteiger partial charge is 0.308 e. The van der Waals surface area contributed by atoms with Crippen molar-refractivity contribution in [2.75, 3.05) is 12.4 Å². The van der Waals surface area contributed by atoms with Crippen molar-refractivity contribution >= 4 is 29.1 Å². The molecule has 0 spiro atoms. The van der Waals surface area contributed by atoms with E-state index < -0.39 is 5.97 Å². The van der Waals surface area contributed by atoms with Crippen LogP contribution in [0.1, 0.15) is 86.6 Å². The highest BCUT2D eigenvalue weighted by Crippen LogP contribution is 2.46. The molecule has 32 heavy (non-hydrogen) atoms. The second kappa shape index (κ2) is 11.8.